The molecule has 0 fully saturated rings. The number of ether oxygens (including phenoxy) is 1. The number of fused-ring (bicyclic) bond motifs is 1. The van der Waals surface area contributed by atoms with Gasteiger partial charge in [0.05, 0.1) is 24.3 Å². The van der Waals surface area contributed by atoms with Crippen molar-refractivity contribution in [1.29, 1.82) is 0 Å². The minimum absolute atomic E-state index is 0.104. The van der Waals surface area contributed by atoms with Gasteiger partial charge in [0.1, 0.15) is 5.76 Å². The smallest absolute Gasteiger partial charge is 0.251 e. The molecule has 1 aliphatic heterocycles. The number of benzene rings is 1. The Labute approximate surface area is 124 Å². The van der Waals surface area contributed by atoms with Crippen LogP contribution in [0.15, 0.2) is 35.6 Å². The summed E-state index contributed by atoms with van der Waals surface area (Å²) >= 11 is 0. The van der Waals surface area contributed by atoms with Crippen molar-refractivity contribution in [3.8, 4) is 0 Å². The van der Waals surface area contributed by atoms with Crippen molar-refractivity contribution in [2.24, 2.45) is 0 Å². The first-order valence-corrected chi connectivity index (χ1v) is 7.62. The fourth-order valence-corrected chi connectivity index (χ4v) is 3.20. The second-order valence-corrected chi connectivity index (χ2v) is 5.63. The molecule has 2 aliphatic rings. The average Bonchev–Trinajstić information content (AvgIpc) is 2.83. The molecule has 21 heavy (non-hydrogen) atoms. The largest absolute Gasteiger partial charge is 0.497 e. The molecular formula is C17H21NO3. The third kappa shape index (κ3) is 2.68. The van der Waals surface area contributed by atoms with Crippen molar-refractivity contribution < 1.29 is 14.6 Å². The second-order valence-electron chi connectivity index (χ2n) is 5.63. The summed E-state index contributed by atoms with van der Waals surface area (Å²) in [4.78, 5) is 12.5. The first-order valence-electron chi connectivity index (χ1n) is 7.62. The van der Waals surface area contributed by atoms with Gasteiger partial charge in [-0.3, -0.25) is 4.79 Å². The van der Waals surface area contributed by atoms with E-state index < -0.39 is 6.10 Å². The average molecular weight is 287 g/mol. The molecule has 2 N–H and O–H groups in total. The molecule has 1 heterocycles. The SMILES string of the molecule is CCC1=C(C(=O)N[C@@H]2c3ccccc3C[C@@H]2O)CCCO1. The van der Waals surface area contributed by atoms with Crippen LogP contribution in [-0.4, -0.2) is 23.7 Å². The van der Waals surface area contributed by atoms with Gasteiger partial charge in [-0.05, 0) is 24.0 Å². The molecule has 0 saturated heterocycles. The van der Waals surface area contributed by atoms with E-state index in [1.807, 2.05) is 31.2 Å². The first-order chi connectivity index (χ1) is 10.2. The Kier molecular flexibility index (Phi) is 3.97. The summed E-state index contributed by atoms with van der Waals surface area (Å²) in [6, 6.07) is 7.56. The molecule has 0 radical (unpaired) electrons. The van der Waals surface area contributed by atoms with Gasteiger partial charge in [-0.25, -0.2) is 0 Å². The maximum atomic E-state index is 12.5. The van der Waals surface area contributed by atoms with Gasteiger partial charge < -0.3 is 15.2 Å². The highest BCUT2D eigenvalue weighted by atomic mass is 16.5. The minimum Gasteiger partial charge on any atom is -0.497 e. The Bertz CT molecular complexity index is 579. The third-order valence-corrected chi connectivity index (χ3v) is 4.27. The van der Waals surface area contributed by atoms with E-state index in [1.165, 1.54) is 0 Å². The van der Waals surface area contributed by atoms with Gasteiger partial charge in [0.2, 0.25) is 0 Å². The van der Waals surface area contributed by atoms with Crippen molar-refractivity contribution >= 4 is 5.91 Å². The number of rotatable bonds is 3. The molecule has 0 bridgehead atoms. The van der Waals surface area contributed by atoms with Crippen LogP contribution in [-0.2, 0) is 16.0 Å². The molecule has 3 rings (SSSR count). The monoisotopic (exact) mass is 287 g/mol. The number of carbonyl (C=O) groups is 1. The zero-order valence-electron chi connectivity index (χ0n) is 12.3. The highest BCUT2D eigenvalue weighted by molar-refractivity contribution is 5.94. The van der Waals surface area contributed by atoms with Crippen LogP contribution in [0.2, 0.25) is 0 Å². The number of aliphatic hydroxyl groups is 1. The lowest BCUT2D eigenvalue weighted by atomic mass is 10.0. The number of amides is 1. The van der Waals surface area contributed by atoms with Gasteiger partial charge in [0.15, 0.2) is 0 Å². The highest BCUT2D eigenvalue weighted by Gasteiger charge is 2.33. The predicted molar refractivity (Wildman–Crippen MR) is 79.5 cm³/mol. The molecule has 4 heteroatoms. The number of nitrogens with one attached hydrogen (secondary N) is 1. The Morgan fingerprint density at radius 1 is 1.43 bits per heavy atom. The zero-order chi connectivity index (χ0) is 14.8. The highest BCUT2D eigenvalue weighted by Crippen LogP contribution is 2.32. The summed E-state index contributed by atoms with van der Waals surface area (Å²) in [6.45, 7) is 2.68. The standard InChI is InChI=1S/C17H21NO3/c1-2-15-13(8-5-9-21-15)17(20)18-16-12-7-4-3-6-11(12)10-14(16)19/h3-4,6-7,14,16,19H,2,5,8-10H2,1H3,(H,18,20)/t14-,16+/m0/s1. The molecule has 112 valence electrons. The fourth-order valence-electron chi connectivity index (χ4n) is 3.20. The lowest BCUT2D eigenvalue weighted by molar-refractivity contribution is -0.119. The maximum absolute atomic E-state index is 12.5. The topological polar surface area (TPSA) is 58.6 Å². The van der Waals surface area contributed by atoms with E-state index in [0.29, 0.717) is 13.0 Å². The van der Waals surface area contributed by atoms with Crippen molar-refractivity contribution in [3.05, 3.63) is 46.7 Å². The van der Waals surface area contributed by atoms with E-state index in [1.54, 1.807) is 0 Å². The number of hydrogen-bond acceptors (Lipinski definition) is 3. The van der Waals surface area contributed by atoms with E-state index in [-0.39, 0.29) is 11.9 Å². The van der Waals surface area contributed by atoms with Crippen LogP contribution < -0.4 is 5.32 Å². The summed E-state index contributed by atoms with van der Waals surface area (Å²) < 4.78 is 5.58. The maximum Gasteiger partial charge on any atom is 0.251 e. The molecule has 1 amide bonds. The van der Waals surface area contributed by atoms with E-state index in [4.69, 9.17) is 4.74 Å². The molecule has 0 saturated carbocycles. The number of carbonyl (C=O) groups excluding carboxylic acids is 1. The summed E-state index contributed by atoms with van der Waals surface area (Å²) in [5.41, 5.74) is 2.87. The van der Waals surface area contributed by atoms with Crippen LogP contribution in [0.3, 0.4) is 0 Å². The first kappa shape index (κ1) is 14.1. The Hall–Kier alpha value is -1.81. The Morgan fingerprint density at radius 3 is 3.05 bits per heavy atom. The number of aliphatic hydroxyl groups excluding tert-OH is 1. The van der Waals surface area contributed by atoms with Crippen LogP contribution in [0.1, 0.15) is 43.4 Å². The van der Waals surface area contributed by atoms with Gasteiger partial charge >= 0.3 is 0 Å². The summed E-state index contributed by atoms with van der Waals surface area (Å²) in [5.74, 6) is 0.687. The second kappa shape index (κ2) is 5.90. The van der Waals surface area contributed by atoms with Crippen LogP contribution in [0.5, 0.6) is 0 Å². The molecule has 0 unspecified atom stereocenters. The quantitative estimate of drug-likeness (QED) is 0.896. The molecule has 1 aromatic rings. The molecule has 4 nitrogen and oxygen atoms in total. The lowest BCUT2D eigenvalue weighted by Crippen LogP contribution is -2.35. The van der Waals surface area contributed by atoms with E-state index in [9.17, 15) is 9.90 Å². The van der Waals surface area contributed by atoms with Gasteiger partial charge in [0, 0.05) is 12.8 Å². The van der Waals surface area contributed by atoms with Crippen LogP contribution >= 0.6 is 0 Å². The Balaban J connectivity index is 1.80. The van der Waals surface area contributed by atoms with E-state index in [0.717, 1.165) is 41.7 Å². The van der Waals surface area contributed by atoms with Crippen LogP contribution in [0.25, 0.3) is 0 Å². The van der Waals surface area contributed by atoms with Gasteiger partial charge in [-0.1, -0.05) is 31.2 Å². The molecule has 2 atom stereocenters. The van der Waals surface area contributed by atoms with Crippen molar-refractivity contribution in [2.75, 3.05) is 6.61 Å². The molecule has 0 aromatic heterocycles. The molecule has 0 spiro atoms. The van der Waals surface area contributed by atoms with Gasteiger partial charge in [0.25, 0.3) is 5.91 Å². The lowest BCUT2D eigenvalue weighted by Gasteiger charge is -2.23. The fraction of sp³-hybridized carbons (Fsp3) is 0.471. The molecular weight excluding hydrogens is 266 g/mol. The normalized spacial score (nSPS) is 24.5. The summed E-state index contributed by atoms with van der Waals surface area (Å²) in [7, 11) is 0. The minimum atomic E-state index is -0.554. The van der Waals surface area contributed by atoms with E-state index >= 15 is 0 Å². The van der Waals surface area contributed by atoms with Crippen molar-refractivity contribution in [2.45, 2.75) is 44.8 Å². The Morgan fingerprint density at radius 2 is 2.24 bits per heavy atom. The van der Waals surface area contributed by atoms with Crippen molar-refractivity contribution in [1.82, 2.24) is 5.32 Å². The van der Waals surface area contributed by atoms with Gasteiger partial charge in [-0.2, -0.15) is 0 Å². The predicted octanol–water partition coefficient (Wildman–Crippen LogP) is 2.24. The summed E-state index contributed by atoms with van der Waals surface area (Å²) in [5, 5.41) is 13.2. The van der Waals surface area contributed by atoms with E-state index in [2.05, 4.69) is 5.32 Å². The summed E-state index contributed by atoms with van der Waals surface area (Å²) in [6.07, 6.45) is 2.39. The molecule has 1 aromatic carbocycles. The molecule has 1 aliphatic carbocycles. The number of hydrogen-bond donors (Lipinski definition) is 2. The number of allylic oxidation sites excluding steroid dienone is 1. The van der Waals surface area contributed by atoms with Crippen LogP contribution in [0, 0.1) is 0 Å². The zero-order valence-corrected chi connectivity index (χ0v) is 12.3. The third-order valence-electron chi connectivity index (χ3n) is 4.27. The van der Waals surface area contributed by atoms with Gasteiger partial charge in [-0.15, -0.1) is 0 Å². The van der Waals surface area contributed by atoms with Crippen molar-refractivity contribution in [3.63, 3.8) is 0 Å². The van der Waals surface area contributed by atoms with Crippen LogP contribution in [0.4, 0.5) is 0 Å².